The molecule has 0 bridgehead atoms. The number of aliphatic carboxylic acids is 2. The molecule has 0 saturated carbocycles. The van der Waals surface area contributed by atoms with Crippen LogP contribution in [0, 0.1) is 0 Å². The largest absolute Gasteiger partial charge is 0.481 e. The molecule has 0 heterocycles. The lowest BCUT2D eigenvalue weighted by atomic mass is 10.1. The van der Waals surface area contributed by atoms with Crippen molar-refractivity contribution in [2.45, 2.75) is 43.8 Å². The summed E-state index contributed by atoms with van der Waals surface area (Å²) >= 11 is 0. The Balaban J connectivity index is 4.64. The molecule has 0 spiro atoms. The van der Waals surface area contributed by atoms with Gasteiger partial charge in [-0.25, -0.2) is 4.79 Å². The van der Waals surface area contributed by atoms with E-state index < -0.39 is 54.9 Å². The normalized spacial score (nSPS) is 14.3. The van der Waals surface area contributed by atoms with Gasteiger partial charge in [-0.05, 0) is 19.4 Å². The highest BCUT2D eigenvalue weighted by molar-refractivity contribution is 5.92. The number of nitrogens with one attached hydrogen (secondary N) is 2. The van der Waals surface area contributed by atoms with E-state index in [1.165, 1.54) is 0 Å². The Labute approximate surface area is 138 Å². The van der Waals surface area contributed by atoms with Crippen molar-refractivity contribution in [3.8, 4) is 0 Å². The highest BCUT2D eigenvalue weighted by Gasteiger charge is 2.28. The Morgan fingerprint density at radius 3 is 2.00 bits per heavy atom. The summed E-state index contributed by atoms with van der Waals surface area (Å²) in [4.78, 5) is 45.2. The van der Waals surface area contributed by atoms with Crippen LogP contribution in [0.5, 0.6) is 0 Å². The van der Waals surface area contributed by atoms with Gasteiger partial charge in [0, 0.05) is 0 Å². The number of rotatable bonds is 12. The van der Waals surface area contributed by atoms with E-state index in [1.807, 2.05) is 5.32 Å². The fraction of sp³-hybridized carbons (Fsp3) is 0.692. The van der Waals surface area contributed by atoms with Crippen LogP contribution in [0.1, 0.15) is 25.7 Å². The average Bonchev–Trinajstić information content (AvgIpc) is 2.50. The van der Waals surface area contributed by atoms with Crippen LogP contribution in [0.15, 0.2) is 0 Å². The van der Waals surface area contributed by atoms with E-state index in [0.717, 1.165) is 0 Å². The molecule has 11 heteroatoms. The van der Waals surface area contributed by atoms with Crippen molar-refractivity contribution in [3.05, 3.63) is 0 Å². The van der Waals surface area contributed by atoms with Crippen molar-refractivity contribution in [2.24, 2.45) is 11.5 Å². The first-order chi connectivity index (χ1) is 11.2. The van der Waals surface area contributed by atoms with Gasteiger partial charge in [0.25, 0.3) is 0 Å². The molecule has 24 heavy (non-hydrogen) atoms. The second-order valence-electron chi connectivity index (χ2n) is 5.13. The first-order valence-corrected chi connectivity index (χ1v) is 7.34. The summed E-state index contributed by atoms with van der Waals surface area (Å²) in [6.07, 6.45) is 0.784. The molecule has 0 aliphatic carbocycles. The molecule has 0 aliphatic rings. The summed E-state index contributed by atoms with van der Waals surface area (Å²) in [5.41, 5.74) is 11.0. The second-order valence-corrected chi connectivity index (χ2v) is 5.13. The molecule has 0 unspecified atom stereocenters. The van der Waals surface area contributed by atoms with E-state index in [9.17, 15) is 24.3 Å². The maximum Gasteiger partial charge on any atom is 0.326 e. The molecule has 138 valence electrons. The Morgan fingerprint density at radius 1 is 0.958 bits per heavy atom. The minimum Gasteiger partial charge on any atom is -0.481 e. The number of aliphatic hydroxyl groups is 1. The highest BCUT2D eigenvalue weighted by Crippen LogP contribution is 2.00. The third kappa shape index (κ3) is 8.41. The molecule has 3 atom stereocenters. The van der Waals surface area contributed by atoms with Gasteiger partial charge in [0.05, 0.1) is 19.1 Å². The molecular formula is C13H24N4O7. The monoisotopic (exact) mass is 348 g/mol. The van der Waals surface area contributed by atoms with Crippen molar-refractivity contribution < 1.29 is 34.5 Å². The Bertz CT molecular complexity index is 458. The van der Waals surface area contributed by atoms with Crippen LogP contribution in [0.3, 0.4) is 0 Å². The van der Waals surface area contributed by atoms with Crippen LogP contribution < -0.4 is 22.1 Å². The van der Waals surface area contributed by atoms with Crippen molar-refractivity contribution in [1.82, 2.24) is 10.6 Å². The van der Waals surface area contributed by atoms with Crippen LogP contribution in [-0.2, 0) is 19.2 Å². The van der Waals surface area contributed by atoms with E-state index in [0.29, 0.717) is 25.8 Å². The summed E-state index contributed by atoms with van der Waals surface area (Å²) < 4.78 is 0. The number of nitrogens with two attached hydrogens (primary N) is 2. The molecule has 0 radical (unpaired) electrons. The predicted octanol–water partition coefficient (Wildman–Crippen LogP) is -3.04. The molecule has 0 aromatic heterocycles. The second kappa shape index (κ2) is 11.3. The van der Waals surface area contributed by atoms with E-state index in [2.05, 4.69) is 5.32 Å². The smallest absolute Gasteiger partial charge is 0.326 e. The molecule has 0 rings (SSSR count). The Hall–Kier alpha value is -2.24. The van der Waals surface area contributed by atoms with Gasteiger partial charge < -0.3 is 37.4 Å². The van der Waals surface area contributed by atoms with Gasteiger partial charge in [-0.3, -0.25) is 14.4 Å². The van der Waals surface area contributed by atoms with Gasteiger partial charge in [-0.2, -0.15) is 0 Å². The van der Waals surface area contributed by atoms with Crippen LogP contribution in [0.2, 0.25) is 0 Å². The molecule has 2 amide bonds. The highest BCUT2D eigenvalue weighted by atomic mass is 16.4. The zero-order valence-electron chi connectivity index (χ0n) is 13.1. The third-order valence-corrected chi connectivity index (χ3v) is 3.11. The molecule has 0 fully saturated rings. The standard InChI is InChI=1S/C13H24N4O7/c14-4-2-1-3-7(15)11(21)17-9(6-18)12(22)16-8(13(23)24)5-10(19)20/h7-9,18H,1-6,14-15H2,(H,16,22)(H,17,21)(H,19,20)(H,23,24)/t7-,8-,9-/m0/s1. The van der Waals surface area contributed by atoms with Crippen LogP contribution in [0.25, 0.3) is 0 Å². The van der Waals surface area contributed by atoms with Gasteiger partial charge in [0.1, 0.15) is 12.1 Å². The van der Waals surface area contributed by atoms with Crippen molar-refractivity contribution in [3.63, 3.8) is 0 Å². The Morgan fingerprint density at radius 2 is 1.54 bits per heavy atom. The predicted molar refractivity (Wildman–Crippen MR) is 81.7 cm³/mol. The number of aliphatic hydroxyl groups excluding tert-OH is 1. The van der Waals surface area contributed by atoms with Crippen LogP contribution >= 0.6 is 0 Å². The first-order valence-electron chi connectivity index (χ1n) is 7.34. The van der Waals surface area contributed by atoms with E-state index >= 15 is 0 Å². The van der Waals surface area contributed by atoms with Gasteiger partial charge >= 0.3 is 11.9 Å². The van der Waals surface area contributed by atoms with Crippen molar-refractivity contribution >= 4 is 23.8 Å². The number of carbonyl (C=O) groups is 4. The topological polar surface area (TPSA) is 205 Å². The van der Waals surface area contributed by atoms with Gasteiger partial charge in [-0.15, -0.1) is 0 Å². The zero-order chi connectivity index (χ0) is 18.7. The van der Waals surface area contributed by atoms with Crippen LogP contribution in [-0.4, -0.2) is 70.3 Å². The minimum atomic E-state index is -1.68. The van der Waals surface area contributed by atoms with Crippen molar-refractivity contribution in [1.29, 1.82) is 0 Å². The zero-order valence-corrected chi connectivity index (χ0v) is 13.1. The molecule has 0 aromatic rings. The number of carboxylic acid groups (broad SMARTS) is 2. The summed E-state index contributed by atoms with van der Waals surface area (Å²) in [5.74, 6) is -4.68. The average molecular weight is 348 g/mol. The number of hydrogen-bond donors (Lipinski definition) is 7. The maximum atomic E-state index is 11.9. The SMILES string of the molecule is NCCCC[C@H](N)C(=O)N[C@@H](CO)C(=O)N[C@@H](CC(=O)O)C(=O)O. The van der Waals surface area contributed by atoms with Crippen molar-refractivity contribution in [2.75, 3.05) is 13.2 Å². The summed E-state index contributed by atoms with van der Waals surface area (Å²) in [7, 11) is 0. The lowest BCUT2D eigenvalue weighted by Gasteiger charge is -2.21. The molecule has 0 aliphatic heterocycles. The summed E-state index contributed by atoms with van der Waals surface area (Å²) in [6.45, 7) is -0.345. The van der Waals surface area contributed by atoms with E-state index in [1.54, 1.807) is 0 Å². The number of carboxylic acids is 2. The fourth-order valence-corrected chi connectivity index (χ4v) is 1.76. The van der Waals surface area contributed by atoms with Gasteiger partial charge in [-0.1, -0.05) is 6.42 Å². The van der Waals surface area contributed by atoms with Crippen LogP contribution in [0.4, 0.5) is 0 Å². The molecule has 0 saturated heterocycles. The molecule has 0 aromatic carbocycles. The van der Waals surface area contributed by atoms with E-state index in [4.69, 9.17) is 21.7 Å². The molecule has 11 nitrogen and oxygen atoms in total. The fourth-order valence-electron chi connectivity index (χ4n) is 1.76. The van der Waals surface area contributed by atoms with Gasteiger partial charge in [0.15, 0.2) is 0 Å². The first kappa shape index (κ1) is 21.8. The maximum absolute atomic E-state index is 11.9. The molecule has 9 N–H and O–H groups in total. The lowest BCUT2D eigenvalue weighted by Crippen LogP contribution is -2.56. The number of hydrogen-bond acceptors (Lipinski definition) is 7. The van der Waals surface area contributed by atoms with Gasteiger partial charge in [0.2, 0.25) is 11.8 Å². The number of unbranched alkanes of at least 4 members (excludes halogenated alkanes) is 1. The minimum absolute atomic E-state index is 0.333. The Kier molecular flexibility index (Phi) is 10.3. The molecular weight excluding hydrogens is 324 g/mol. The summed E-state index contributed by atoms with van der Waals surface area (Å²) in [6, 6.07) is -4.03. The third-order valence-electron chi connectivity index (χ3n) is 3.11. The summed E-state index contributed by atoms with van der Waals surface area (Å²) in [5, 5.41) is 30.8. The quantitative estimate of drug-likeness (QED) is 0.179. The van der Waals surface area contributed by atoms with E-state index in [-0.39, 0.29) is 0 Å². The number of carbonyl (C=O) groups excluding carboxylic acids is 2. The lowest BCUT2D eigenvalue weighted by molar-refractivity contribution is -0.147. The number of amides is 2.